The van der Waals surface area contributed by atoms with Gasteiger partial charge in [0.15, 0.2) is 0 Å². The van der Waals surface area contributed by atoms with Crippen LogP contribution in [0.4, 0.5) is 0 Å². The highest BCUT2D eigenvalue weighted by Gasteiger charge is 2.42. The fourth-order valence-corrected chi connectivity index (χ4v) is 8.22. The molecule has 0 radical (unpaired) electrons. The number of nitrogens with zero attached hydrogens (tertiary/aromatic N) is 4. The number of carbonyl (C=O) groups excluding carboxylic acids is 1. The molecule has 3 aliphatic rings. The number of amides is 1. The Balaban J connectivity index is 1.19. The first kappa shape index (κ1) is 29.3. The van der Waals surface area contributed by atoms with E-state index in [1.165, 1.54) is 43.0 Å². The fourth-order valence-electron chi connectivity index (χ4n) is 6.66. The first-order valence-corrected chi connectivity index (χ1v) is 15.6. The molecule has 1 aromatic rings. The highest BCUT2D eigenvalue weighted by atomic mass is 32.2. The number of hydrogen-bond donors (Lipinski definition) is 0. The minimum Gasteiger partial charge on any atom is -0.497 e. The van der Waals surface area contributed by atoms with E-state index in [1.54, 1.807) is 40.1 Å². The smallest absolute Gasteiger partial charge is 0.248 e. The summed E-state index contributed by atoms with van der Waals surface area (Å²) in [7, 11) is -0.573. The van der Waals surface area contributed by atoms with Crippen molar-refractivity contribution in [3.05, 3.63) is 23.3 Å². The maximum Gasteiger partial charge on any atom is 0.248 e. The second kappa shape index (κ2) is 12.6. The van der Waals surface area contributed by atoms with Gasteiger partial charge >= 0.3 is 0 Å². The van der Waals surface area contributed by atoms with Gasteiger partial charge in [0, 0.05) is 57.9 Å². The Morgan fingerprint density at radius 1 is 1.03 bits per heavy atom. The zero-order chi connectivity index (χ0) is 27.4. The maximum absolute atomic E-state index is 13.2. The van der Waals surface area contributed by atoms with Gasteiger partial charge in [-0.2, -0.15) is 4.31 Å². The van der Waals surface area contributed by atoms with Crippen LogP contribution in [0.3, 0.4) is 0 Å². The van der Waals surface area contributed by atoms with Crippen LogP contribution in [0.25, 0.3) is 0 Å². The Morgan fingerprint density at radius 2 is 1.63 bits per heavy atom. The number of hydrogen-bond acceptors (Lipinski definition) is 7. The third-order valence-electron chi connectivity index (χ3n) is 8.64. The number of aryl methyl sites for hydroxylation is 2. The van der Waals surface area contributed by atoms with Crippen molar-refractivity contribution in [2.24, 2.45) is 0 Å². The van der Waals surface area contributed by atoms with Crippen molar-refractivity contribution in [2.75, 3.05) is 66.6 Å². The highest BCUT2D eigenvalue weighted by molar-refractivity contribution is 7.89. The van der Waals surface area contributed by atoms with Crippen LogP contribution in [0.5, 0.6) is 5.75 Å². The standard InChI is InChI=1S/C28H46N4O5S/c1-6-9-32-23-7-8-24(32)19-25(18-23)30-10-12-31(13-11-30)27(33)20-37-15-14-29(4)38(34,35)28-21(2)16-26(36-5)17-22(28)3/h16-17,23-25H,6-15,18-20H2,1-5H3. The minimum atomic E-state index is -3.68. The Bertz CT molecular complexity index is 1040. The zero-order valence-electron chi connectivity index (χ0n) is 23.8. The summed E-state index contributed by atoms with van der Waals surface area (Å²) < 4.78 is 38.5. The van der Waals surface area contributed by atoms with Gasteiger partial charge in [0.05, 0.1) is 18.6 Å². The van der Waals surface area contributed by atoms with Crippen LogP contribution in [-0.4, -0.2) is 118 Å². The molecule has 3 fully saturated rings. The summed E-state index contributed by atoms with van der Waals surface area (Å²) in [6, 6.07) is 5.58. The second-order valence-corrected chi connectivity index (χ2v) is 13.1. The van der Waals surface area contributed by atoms with Gasteiger partial charge in [0.2, 0.25) is 15.9 Å². The van der Waals surface area contributed by atoms with E-state index in [2.05, 4.69) is 16.7 Å². The zero-order valence-corrected chi connectivity index (χ0v) is 24.6. The summed E-state index contributed by atoms with van der Waals surface area (Å²) in [5, 5.41) is 0. The lowest BCUT2D eigenvalue weighted by Crippen LogP contribution is -2.56. The molecular formula is C28H46N4O5S. The lowest BCUT2D eigenvalue weighted by Gasteiger charge is -2.46. The van der Waals surface area contributed by atoms with Gasteiger partial charge in [0.1, 0.15) is 12.4 Å². The third-order valence-corrected chi connectivity index (χ3v) is 10.8. The monoisotopic (exact) mass is 550 g/mol. The van der Waals surface area contributed by atoms with Crippen molar-refractivity contribution < 1.29 is 22.7 Å². The number of fused-ring (bicyclic) bond motifs is 2. The predicted octanol–water partition coefficient (Wildman–Crippen LogP) is 2.50. The summed E-state index contributed by atoms with van der Waals surface area (Å²) in [6.07, 6.45) is 6.44. The molecule has 2 bridgehead atoms. The minimum absolute atomic E-state index is 0.0187. The summed E-state index contributed by atoms with van der Waals surface area (Å²) in [6.45, 7) is 10.7. The van der Waals surface area contributed by atoms with Crippen LogP contribution < -0.4 is 4.74 Å². The van der Waals surface area contributed by atoms with E-state index in [9.17, 15) is 13.2 Å². The maximum atomic E-state index is 13.2. The molecule has 214 valence electrons. The van der Waals surface area contributed by atoms with Crippen LogP contribution in [-0.2, 0) is 19.6 Å². The average Bonchev–Trinajstić information content (AvgIpc) is 3.12. The number of methoxy groups -OCH3 is 1. The molecular weight excluding hydrogens is 504 g/mol. The van der Waals surface area contributed by atoms with E-state index in [1.807, 2.05) is 4.90 Å². The summed E-state index contributed by atoms with van der Waals surface area (Å²) >= 11 is 0. The topological polar surface area (TPSA) is 82.6 Å². The summed E-state index contributed by atoms with van der Waals surface area (Å²) in [5.41, 5.74) is 1.28. The molecule has 9 nitrogen and oxygen atoms in total. The first-order valence-electron chi connectivity index (χ1n) is 14.1. The molecule has 0 N–H and O–H groups in total. The fraction of sp³-hybridized carbons (Fsp3) is 0.750. The van der Waals surface area contributed by atoms with Crippen LogP contribution in [0.1, 0.15) is 50.2 Å². The van der Waals surface area contributed by atoms with Crippen molar-refractivity contribution in [3.8, 4) is 5.75 Å². The molecule has 3 saturated heterocycles. The molecule has 2 atom stereocenters. The second-order valence-electron chi connectivity index (χ2n) is 11.1. The van der Waals surface area contributed by atoms with Crippen molar-refractivity contribution >= 4 is 15.9 Å². The van der Waals surface area contributed by atoms with Crippen molar-refractivity contribution in [1.29, 1.82) is 0 Å². The Labute approximate surface area is 229 Å². The Kier molecular flexibility index (Phi) is 9.73. The van der Waals surface area contributed by atoms with Gasteiger partial charge < -0.3 is 14.4 Å². The summed E-state index contributed by atoms with van der Waals surface area (Å²) in [5.74, 6) is 0.614. The SMILES string of the molecule is CCCN1C2CCC1CC(N1CCN(C(=O)COCCN(C)S(=O)(=O)c3c(C)cc(OC)cc3C)CC1)C2. The van der Waals surface area contributed by atoms with E-state index >= 15 is 0 Å². The third kappa shape index (κ3) is 6.36. The number of benzene rings is 1. The average molecular weight is 551 g/mol. The van der Waals surface area contributed by atoms with Gasteiger partial charge in [-0.15, -0.1) is 0 Å². The molecule has 0 spiro atoms. The highest BCUT2D eigenvalue weighted by Crippen LogP contribution is 2.37. The van der Waals surface area contributed by atoms with Crippen LogP contribution in [0.2, 0.25) is 0 Å². The molecule has 0 saturated carbocycles. The lowest BCUT2D eigenvalue weighted by molar-refractivity contribution is -0.138. The molecule has 2 unspecified atom stereocenters. The molecule has 0 aromatic heterocycles. The van der Waals surface area contributed by atoms with Gasteiger partial charge in [-0.1, -0.05) is 6.92 Å². The lowest BCUT2D eigenvalue weighted by atomic mass is 9.95. The van der Waals surface area contributed by atoms with E-state index < -0.39 is 10.0 Å². The van der Waals surface area contributed by atoms with Crippen molar-refractivity contribution in [1.82, 2.24) is 19.0 Å². The number of piperazine rings is 1. The number of likely N-dealkylation sites (N-methyl/N-ethyl adjacent to an activating group) is 1. The van der Waals surface area contributed by atoms with Gasteiger partial charge in [0.25, 0.3) is 0 Å². The number of ether oxygens (including phenoxy) is 2. The van der Waals surface area contributed by atoms with E-state index in [-0.39, 0.29) is 25.7 Å². The van der Waals surface area contributed by atoms with Crippen LogP contribution in [0.15, 0.2) is 17.0 Å². The molecule has 3 aliphatic heterocycles. The van der Waals surface area contributed by atoms with Crippen LogP contribution in [0, 0.1) is 13.8 Å². The van der Waals surface area contributed by atoms with Crippen molar-refractivity contribution in [3.63, 3.8) is 0 Å². The molecule has 1 amide bonds. The largest absolute Gasteiger partial charge is 0.497 e. The molecule has 0 aliphatic carbocycles. The predicted molar refractivity (Wildman–Crippen MR) is 148 cm³/mol. The normalized spacial score (nSPS) is 24.8. The number of sulfonamides is 1. The van der Waals surface area contributed by atoms with E-state index in [0.717, 1.165) is 38.3 Å². The number of carbonyl (C=O) groups is 1. The van der Waals surface area contributed by atoms with Gasteiger partial charge in [-0.05, 0) is 75.8 Å². The quantitative estimate of drug-likeness (QED) is 0.392. The molecule has 1 aromatic carbocycles. The Morgan fingerprint density at radius 3 is 2.18 bits per heavy atom. The Hall–Kier alpha value is -1.72. The first-order chi connectivity index (χ1) is 18.1. The van der Waals surface area contributed by atoms with E-state index in [0.29, 0.717) is 27.8 Å². The van der Waals surface area contributed by atoms with Gasteiger partial charge in [-0.3, -0.25) is 14.6 Å². The van der Waals surface area contributed by atoms with E-state index in [4.69, 9.17) is 9.47 Å². The molecule has 38 heavy (non-hydrogen) atoms. The summed E-state index contributed by atoms with van der Waals surface area (Å²) in [4.78, 5) is 20.3. The van der Waals surface area contributed by atoms with Crippen molar-refractivity contribution in [2.45, 2.75) is 75.9 Å². The van der Waals surface area contributed by atoms with Crippen LogP contribution >= 0.6 is 0 Å². The van der Waals surface area contributed by atoms with Gasteiger partial charge in [-0.25, -0.2) is 8.42 Å². The number of rotatable bonds is 11. The molecule has 10 heteroatoms. The molecule has 4 rings (SSSR count). The number of piperidine rings is 1. The molecule has 3 heterocycles.